The zero-order valence-electron chi connectivity index (χ0n) is 5.73. The van der Waals surface area contributed by atoms with Gasteiger partial charge in [-0.1, -0.05) is 0 Å². The minimum absolute atomic E-state index is 0.221. The Bertz CT molecular complexity index is 168. The molecule has 0 saturated carbocycles. The van der Waals surface area contributed by atoms with Crippen molar-refractivity contribution in [3.05, 3.63) is 11.3 Å². The van der Waals surface area contributed by atoms with E-state index in [1.54, 1.807) is 6.92 Å². The third-order valence-corrected chi connectivity index (χ3v) is 1.59. The predicted molar refractivity (Wildman–Crippen MR) is 33.9 cm³/mol. The topological polar surface area (TPSA) is 26.3 Å². The van der Waals surface area contributed by atoms with Gasteiger partial charge in [-0.25, -0.2) is 0 Å². The SMILES string of the molecule is CC1=C(C)C(=O)CCO1. The van der Waals surface area contributed by atoms with Crippen molar-refractivity contribution in [3.8, 4) is 0 Å². The van der Waals surface area contributed by atoms with E-state index in [1.165, 1.54) is 0 Å². The number of hydrogen-bond donors (Lipinski definition) is 0. The van der Waals surface area contributed by atoms with Crippen molar-refractivity contribution < 1.29 is 9.53 Å². The highest BCUT2D eigenvalue weighted by molar-refractivity contribution is 5.95. The molecule has 2 nitrogen and oxygen atoms in total. The van der Waals surface area contributed by atoms with Crippen LogP contribution in [0.15, 0.2) is 11.3 Å². The molecule has 0 fully saturated rings. The number of Topliss-reactive ketones (excluding diaryl/α,β-unsaturated/α-hetero) is 1. The van der Waals surface area contributed by atoms with Crippen molar-refractivity contribution in [1.82, 2.24) is 0 Å². The molecule has 50 valence electrons. The summed E-state index contributed by atoms with van der Waals surface area (Å²) in [5, 5.41) is 0. The van der Waals surface area contributed by atoms with Gasteiger partial charge in [0.15, 0.2) is 5.78 Å². The van der Waals surface area contributed by atoms with Crippen molar-refractivity contribution >= 4 is 5.78 Å². The minimum atomic E-state index is 0.221. The molecule has 9 heavy (non-hydrogen) atoms. The highest BCUT2D eigenvalue weighted by Gasteiger charge is 2.13. The van der Waals surface area contributed by atoms with E-state index < -0.39 is 0 Å². The second kappa shape index (κ2) is 2.21. The molecule has 0 saturated heterocycles. The molecule has 0 spiro atoms. The molecule has 2 heteroatoms. The maximum absolute atomic E-state index is 10.9. The van der Waals surface area contributed by atoms with Gasteiger partial charge in [0, 0.05) is 12.0 Å². The number of ether oxygens (including phenoxy) is 1. The fourth-order valence-electron chi connectivity index (χ4n) is 0.789. The number of ketones is 1. The van der Waals surface area contributed by atoms with Gasteiger partial charge < -0.3 is 4.74 Å². The molecule has 1 heterocycles. The van der Waals surface area contributed by atoms with E-state index in [0.29, 0.717) is 13.0 Å². The van der Waals surface area contributed by atoms with Crippen molar-refractivity contribution in [2.24, 2.45) is 0 Å². The second-order valence-electron chi connectivity index (χ2n) is 2.20. The van der Waals surface area contributed by atoms with Gasteiger partial charge in [0.1, 0.15) is 0 Å². The third-order valence-electron chi connectivity index (χ3n) is 1.59. The molecule has 0 amide bonds. The first kappa shape index (κ1) is 6.33. The summed E-state index contributed by atoms with van der Waals surface area (Å²) in [5.41, 5.74) is 0.779. The van der Waals surface area contributed by atoms with E-state index in [-0.39, 0.29) is 5.78 Å². The van der Waals surface area contributed by atoms with Crippen molar-refractivity contribution in [2.45, 2.75) is 20.3 Å². The van der Waals surface area contributed by atoms with Crippen molar-refractivity contribution in [3.63, 3.8) is 0 Å². The molecule has 0 bridgehead atoms. The van der Waals surface area contributed by atoms with E-state index in [4.69, 9.17) is 4.74 Å². The zero-order chi connectivity index (χ0) is 6.85. The summed E-state index contributed by atoms with van der Waals surface area (Å²) in [6.07, 6.45) is 0.545. The van der Waals surface area contributed by atoms with Crippen LogP contribution in [0, 0.1) is 0 Å². The van der Waals surface area contributed by atoms with Crippen LogP contribution in [0.2, 0.25) is 0 Å². The average molecular weight is 126 g/mol. The van der Waals surface area contributed by atoms with E-state index in [9.17, 15) is 4.79 Å². The lowest BCUT2D eigenvalue weighted by Crippen LogP contribution is -2.13. The first-order chi connectivity index (χ1) is 4.22. The van der Waals surface area contributed by atoms with E-state index in [1.807, 2.05) is 6.92 Å². The molecule has 1 rings (SSSR count). The molecule has 0 unspecified atom stereocenters. The summed E-state index contributed by atoms with van der Waals surface area (Å²) in [6, 6.07) is 0. The highest BCUT2D eigenvalue weighted by atomic mass is 16.5. The minimum Gasteiger partial charge on any atom is -0.497 e. The second-order valence-corrected chi connectivity index (χ2v) is 2.20. The Morgan fingerprint density at radius 2 is 2.11 bits per heavy atom. The van der Waals surface area contributed by atoms with Crippen LogP contribution in [0.5, 0.6) is 0 Å². The van der Waals surface area contributed by atoms with E-state index >= 15 is 0 Å². The molecule has 0 atom stereocenters. The Labute approximate surface area is 54.5 Å². The summed E-state index contributed by atoms with van der Waals surface area (Å²) in [7, 11) is 0. The van der Waals surface area contributed by atoms with Gasteiger partial charge in [-0.2, -0.15) is 0 Å². The van der Waals surface area contributed by atoms with Crippen LogP contribution >= 0.6 is 0 Å². The summed E-state index contributed by atoms with van der Waals surface area (Å²) in [5.74, 6) is 1.00. The lowest BCUT2D eigenvalue weighted by atomic mass is 10.1. The van der Waals surface area contributed by atoms with Gasteiger partial charge in [0.25, 0.3) is 0 Å². The summed E-state index contributed by atoms with van der Waals surface area (Å²) in [4.78, 5) is 10.9. The van der Waals surface area contributed by atoms with Gasteiger partial charge in [-0.15, -0.1) is 0 Å². The average Bonchev–Trinajstić information content (AvgIpc) is 1.83. The number of hydrogen-bond acceptors (Lipinski definition) is 2. The first-order valence-electron chi connectivity index (χ1n) is 3.05. The van der Waals surface area contributed by atoms with Crippen molar-refractivity contribution in [2.75, 3.05) is 6.61 Å². The maximum Gasteiger partial charge on any atom is 0.165 e. The largest absolute Gasteiger partial charge is 0.497 e. The fourth-order valence-corrected chi connectivity index (χ4v) is 0.789. The Morgan fingerprint density at radius 3 is 2.56 bits per heavy atom. The number of allylic oxidation sites excluding steroid dienone is 2. The Balaban J connectivity index is 2.84. The van der Waals surface area contributed by atoms with Gasteiger partial charge in [-0.3, -0.25) is 4.79 Å². The van der Waals surface area contributed by atoms with Crippen LogP contribution in [0.3, 0.4) is 0 Å². The monoisotopic (exact) mass is 126 g/mol. The lowest BCUT2D eigenvalue weighted by molar-refractivity contribution is -0.117. The first-order valence-corrected chi connectivity index (χ1v) is 3.05. The molecule has 0 aromatic carbocycles. The van der Waals surface area contributed by atoms with E-state index in [2.05, 4.69) is 0 Å². The number of carbonyl (C=O) groups excluding carboxylic acids is 1. The molecule has 0 aliphatic carbocycles. The Morgan fingerprint density at radius 1 is 1.44 bits per heavy atom. The smallest absolute Gasteiger partial charge is 0.165 e. The molecule has 0 N–H and O–H groups in total. The summed E-state index contributed by atoms with van der Waals surface area (Å²) < 4.78 is 5.12. The van der Waals surface area contributed by atoms with Crippen LogP contribution < -0.4 is 0 Å². The molecule has 1 aliphatic heterocycles. The van der Waals surface area contributed by atoms with Gasteiger partial charge in [0.2, 0.25) is 0 Å². The van der Waals surface area contributed by atoms with Gasteiger partial charge in [-0.05, 0) is 13.8 Å². The van der Waals surface area contributed by atoms with Crippen LogP contribution in [0.1, 0.15) is 20.3 Å². The fraction of sp³-hybridized carbons (Fsp3) is 0.571. The highest BCUT2D eigenvalue weighted by Crippen LogP contribution is 2.13. The summed E-state index contributed by atoms with van der Waals surface area (Å²) in [6.45, 7) is 4.19. The molecular formula is C7H10O2. The number of rotatable bonds is 0. The summed E-state index contributed by atoms with van der Waals surface area (Å²) >= 11 is 0. The van der Waals surface area contributed by atoms with Gasteiger partial charge in [0.05, 0.1) is 12.4 Å². The van der Waals surface area contributed by atoms with Crippen molar-refractivity contribution in [1.29, 1.82) is 0 Å². The molecule has 0 aromatic heterocycles. The zero-order valence-corrected chi connectivity index (χ0v) is 5.73. The predicted octanol–water partition coefficient (Wildman–Crippen LogP) is 1.27. The molecular weight excluding hydrogens is 116 g/mol. The van der Waals surface area contributed by atoms with Crippen LogP contribution in [0.25, 0.3) is 0 Å². The van der Waals surface area contributed by atoms with Crippen LogP contribution in [-0.4, -0.2) is 12.4 Å². The molecule has 0 radical (unpaired) electrons. The normalized spacial score (nSPS) is 20.0. The third kappa shape index (κ3) is 1.12. The Kier molecular flexibility index (Phi) is 1.56. The number of carbonyl (C=O) groups is 1. The maximum atomic E-state index is 10.9. The quantitative estimate of drug-likeness (QED) is 0.488. The lowest BCUT2D eigenvalue weighted by Gasteiger charge is -2.14. The molecule has 0 aromatic rings. The van der Waals surface area contributed by atoms with E-state index in [0.717, 1.165) is 11.3 Å². The van der Waals surface area contributed by atoms with Crippen LogP contribution in [-0.2, 0) is 9.53 Å². The van der Waals surface area contributed by atoms with Crippen LogP contribution in [0.4, 0.5) is 0 Å². The molecule has 1 aliphatic rings. The van der Waals surface area contributed by atoms with Gasteiger partial charge >= 0.3 is 0 Å². The Hall–Kier alpha value is -0.790. The standard InChI is InChI=1S/C7H10O2/c1-5-6(2)9-4-3-7(5)8/h3-4H2,1-2H3.